The highest BCUT2D eigenvalue weighted by atomic mass is 19.3. The van der Waals surface area contributed by atoms with Crippen molar-refractivity contribution in [3.05, 3.63) is 70.3 Å². The first kappa shape index (κ1) is 20.2. The Labute approximate surface area is 162 Å². The first-order valence-corrected chi connectivity index (χ1v) is 9.35. The first-order chi connectivity index (χ1) is 13.3. The predicted molar refractivity (Wildman–Crippen MR) is 103 cm³/mol. The number of alkyl halides is 2. The van der Waals surface area contributed by atoms with Gasteiger partial charge in [0.1, 0.15) is 11.4 Å². The van der Waals surface area contributed by atoms with E-state index in [1.165, 1.54) is 31.2 Å². The van der Waals surface area contributed by atoms with E-state index in [4.69, 9.17) is 0 Å². The molecule has 1 aliphatic carbocycles. The number of hydrogen-bond donors (Lipinski definition) is 0. The summed E-state index contributed by atoms with van der Waals surface area (Å²) in [5, 5.41) is 0. The Balaban J connectivity index is 0.00000109. The van der Waals surface area contributed by atoms with E-state index in [-0.39, 0.29) is 22.3 Å². The van der Waals surface area contributed by atoms with Gasteiger partial charge in [-0.2, -0.15) is 8.78 Å². The Morgan fingerprint density at radius 2 is 1.46 bits per heavy atom. The lowest BCUT2D eigenvalue weighted by Gasteiger charge is -2.30. The van der Waals surface area contributed by atoms with Gasteiger partial charge >= 0.3 is 6.11 Å². The maximum atomic E-state index is 15.1. The smallest absolute Gasteiger partial charge is 0.425 e. The summed E-state index contributed by atoms with van der Waals surface area (Å²) in [4.78, 5) is 0. The Kier molecular flexibility index (Phi) is 5.37. The van der Waals surface area contributed by atoms with E-state index >= 15 is 4.39 Å². The number of rotatable bonds is 1. The largest absolute Gasteiger partial charge is 0.430 e. The maximum Gasteiger partial charge on any atom is 0.430 e. The molecule has 0 saturated heterocycles. The third-order valence-electron chi connectivity index (χ3n) is 4.95. The van der Waals surface area contributed by atoms with Crippen LogP contribution in [0.25, 0.3) is 16.7 Å². The Morgan fingerprint density at radius 1 is 0.821 bits per heavy atom. The minimum atomic E-state index is -3.95. The molecular formula is C23H22F4O. The molecule has 0 saturated carbocycles. The molecule has 0 unspecified atom stereocenters. The van der Waals surface area contributed by atoms with Gasteiger partial charge in [0.25, 0.3) is 0 Å². The third-order valence-corrected chi connectivity index (χ3v) is 4.95. The van der Waals surface area contributed by atoms with Crippen LogP contribution in [0.2, 0.25) is 0 Å². The molecule has 1 heterocycles. The van der Waals surface area contributed by atoms with Crippen LogP contribution in [0.3, 0.4) is 0 Å². The molecule has 5 heteroatoms. The van der Waals surface area contributed by atoms with Gasteiger partial charge in [0.2, 0.25) is 0 Å². The molecular weight excluding hydrogens is 368 g/mol. The summed E-state index contributed by atoms with van der Waals surface area (Å²) in [5.74, 6) is -2.41. The number of benzene rings is 2. The van der Waals surface area contributed by atoms with E-state index in [9.17, 15) is 13.2 Å². The van der Waals surface area contributed by atoms with Crippen molar-refractivity contribution in [3.63, 3.8) is 0 Å². The number of aryl methyl sites for hydroxylation is 1. The summed E-state index contributed by atoms with van der Waals surface area (Å²) in [6, 6.07) is 5.85. The summed E-state index contributed by atoms with van der Waals surface area (Å²) in [6.45, 7) is 7.42. The molecule has 148 valence electrons. The number of allylic oxidation sites excluding steroid dienone is 4. The van der Waals surface area contributed by atoms with Crippen molar-refractivity contribution in [1.29, 1.82) is 0 Å². The van der Waals surface area contributed by atoms with Crippen LogP contribution in [-0.4, -0.2) is 0 Å². The van der Waals surface area contributed by atoms with E-state index in [2.05, 4.69) is 4.74 Å². The van der Waals surface area contributed by atoms with Crippen LogP contribution in [0, 0.1) is 18.6 Å². The molecule has 2 aromatic rings. The fourth-order valence-electron chi connectivity index (χ4n) is 3.44. The molecule has 0 bridgehead atoms. The van der Waals surface area contributed by atoms with Gasteiger partial charge in [0.05, 0.1) is 0 Å². The molecule has 0 atom stereocenters. The van der Waals surface area contributed by atoms with Crippen LogP contribution in [-0.2, 0) is 6.11 Å². The second-order valence-electron chi connectivity index (χ2n) is 6.75. The Hall–Kier alpha value is -2.56. The van der Waals surface area contributed by atoms with Crippen molar-refractivity contribution in [3.8, 4) is 16.9 Å². The van der Waals surface area contributed by atoms with E-state index < -0.39 is 29.1 Å². The molecule has 1 nitrogen and oxygen atoms in total. The molecule has 0 fully saturated rings. The van der Waals surface area contributed by atoms with Gasteiger partial charge in [-0.05, 0) is 37.8 Å². The minimum absolute atomic E-state index is 0.0421. The predicted octanol–water partition coefficient (Wildman–Crippen LogP) is 7.53. The van der Waals surface area contributed by atoms with Gasteiger partial charge in [0, 0.05) is 16.7 Å². The maximum absolute atomic E-state index is 15.1. The molecule has 0 N–H and O–H groups in total. The summed E-state index contributed by atoms with van der Waals surface area (Å²) in [7, 11) is 0. The summed E-state index contributed by atoms with van der Waals surface area (Å²) in [6.07, 6.45) is 0.998. The van der Waals surface area contributed by atoms with Gasteiger partial charge in [-0.1, -0.05) is 55.8 Å². The third kappa shape index (κ3) is 3.23. The van der Waals surface area contributed by atoms with E-state index in [1.54, 1.807) is 6.08 Å². The lowest BCUT2D eigenvalue weighted by Crippen LogP contribution is -2.29. The van der Waals surface area contributed by atoms with Crippen molar-refractivity contribution in [2.24, 2.45) is 0 Å². The molecule has 0 amide bonds. The minimum Gasteiger partial charge on any atom is -0.425 e. The Bertz CT molecular complexity index is 987. The quantitative estimate of drug-likeness (QED) is 0.457. The topological polar surface area (TPSA) is 9.23 Å². The highest BCUT2D eigenvalue weighted by Gasteiger charge is 2.46. The van der Waals surface area contributed by atoms with E-state index in [0.717, 1.165) is 12.0 Å². The second-order valence-corrected chi connectivity index (χ2v) is 6.75. The lowest BCUT2D eigenvalue weighted by molar-refractivity contribution is -0.190. The molecule has 28 heavy (non-hydrogen) atoms. The van der Waals surface area contributed by atoms with Crippen LogP contribution >= 0.6 is 0 Å². The second kappa shape index (κ2) is 7.46. The van der Waals surface area contributed by atoms with E-state index in [0.29, 0.717) is 12.0 Å². The van der Waals surface area contributed by atoms with Crippen molar-refractivity contribution < 1.29 is 22.3 Å². The van der Waals surface area contributed by atoms with Gasteiger partial charge in [-0.3, -0.25) is 0 Å². The lowest BCUT2D eigenvalue weighted by atomic mass is 9.88. The highest BCUT2D eigenvalue weighted by molar-refractivity contribution is 5.80. The van der Waals surface area contributed by atoms with Crippen molar-refractivity contribution in [2.75, 3.05) is 0 Å². The normalized spacial score (nSPS) is 16.6. The van der Waals surface area contributed by atoms with Gasteiger partial charge in [0.15, 0.2) is 11.6 Å². The van der Waals surface area contributed by atoms with Crippen LogP contribution in [0.1, 0.15) is 50.3 Å². The number of fused-ring (bicyclic) bond motifs is 3. The zero-order chi connectivity index (χ0) is 20.6. The average molecular weight is 390 g/mol. The van der Waals surface area contributed by atoms with Crippen molar-refractivity contribution in [2.45, 2.75) is 46.6 Å². The van der Waals surface area contributed by atoms with Gasteiger partial charge in [-0.15, -0.1) is 0 Å². The number of hydrogen-bond acceptors (Lipinski definition) is 1. The van der Waals surface area contributed by atoms with Crippen LogP contribution in [0.4, 0.5) is 17.6 Å². The van der Waals surface area contributed by atoms with Crippen LogP contribution in [0.5, 0.6) is 5.75 Å². The molecule has 0 aromatic heterocycles. The average Bonchev–Trinajstić information content (AvgIpc) is 2.67. The van der Waals surface area contributed by atoms with Crippen LogP contribution < -0.4 is 4.74 Å². The van der Waals surface area contributed by atoms with Crippen molar-refractivity contribution in [1.82, 2.24) is 0 Å². The first-order valence-electron chi connectivity index (χ1n) is 9.35. The SMILES string of the molecule is CC.CC1=CC=C(c2ccc3c(c2F)C(F)(F)Oc2c-3ccc(C)c2F)CC1. The zero-order valence-electron chi connectivity index (χ0n) is 16.3. The monoisotopic (exact) mass is 390 g/mol. The molecule has 0 radical (unpaired) electrons. The van der Waals surface area contributed by atoms with Crippen molar-refractivity contribution >= 4 is 5.57 Å². The Morgan fingerprint density at radius 3 is 2.11 bits per heavy atom. The summed E-state index contributed by atoms with van der Waals surface area (Å²) >= 11 is 0. The number of ether oxygens (including phenoxy) is 1. The number of halogens is 4. The van der Waals surface area contributed by atoms with Gasteiger partial charge < -0.3 is 4.74 Å². The van der Waals surface area contributed by atoms with Crippen LogP contribution in [0.15, 0.2) is 42.0 Å². The molecule has 1 aliphatic heterocycles. The molecule has 2 aliphatic rings. The fourth-order valence-corrected chi connectivity index (χ4v) is 3.44. The standard InChI is InChI=1S/C21H16F4O.C2H6/c1-11-3-6-13(7-4-11)14-9-10-15-16-8-5-12(2)18(22)20(16)26-21(24,25)17(15)19(14)23;1-2/h3,5-6,8-10H,4,7H2,1-2H3;1-2H3. The summed E-state index contributed by atoms with van der Waals surface area (Å²) < 4.78 is 63.2. The fraction of sp³-hybridized carbons (Fsp3) is 0.304. The summed E-state index contributed by atoms with van der Waals surface area (Å²) in [5.41, 5.74) is 1.39. The molecule has 2 aromatic carbocycles. The molecule has 4 rings (SSSR count). The van der Waals surface area contributed by atoms with Gasteiger partial charge in [-0.25, -0.2) is 8.78 Å². The van der Waals surface area contributed by atoms with E-state index in [1.807, 2.05) is 26.8 Å². The highest BCUT2D eigenvalue weighted by Crippen LogP contribution is 2.50. The molecule has 0 spiro atoms. The zero-order valence-corrected chi connectivity index (χ0v) is 16.3.